The van der Waals surface area contributed by atoms with Crippen LogP contribution in [0, 0.1) is 6.92 Å². The Kier molecular flexibility index (Phi) is 5.86. The van der Waals surface area contributed by atoms with E-state index in [1.807, 2.05) is 25.1 Å². The van der Waals surface area contributed by atoms with Crippen molar-refractivity contribution in [3.63, 3.8) is 0 Å². The molecular weight excluding hydrogens is 336 g/mol. The smallest absolute Gasteiger partial charge is 0.240 e. The second-order valence-corrected chi connectivity index (χ2v) is 8.06. The Morgan fingerprint density at radius 2 is 1.64 bits per heavy atom. The summed E-state index contributed by atoms with van der Waals surface area (Å²) in [7, 11) is -3.51. The predicted molar refractivity (Wildman–Crippen MR) is 97.7 cm³/mol. The van der Waals surface area contributed by atoms with Crippen LogP contribution in [0.2, 0.25) is 0 Å². The molecule has 0 spiro atoms. The molecule has 3 rings (SSSR count). The third kappa shape index (κ3) is 4.89. The number of morpholine rings is 1. The number of sulfonamides is 1. The van der Waals surface area contributed by atoms with Crippen LogP contribution in [0.15, 0.2) is 53.4 Å². The molecule has 1 aliphatic heterocycles. The molecular formula is C19H24N2O3S. The predicted octanol–water partition coefficient (Wildman–Crippen LogP) is 2.31. The number of hydrogen-bond donors (Lipinski definition) is 1. The van der Waals surface area contributed by atoms with E-state index in [2.05, 4.69) is 15.7 Å². The fraction of sp³-hybridized carbons (Fsp3) is 0.368. The number of rotatable bonds is 6. The molecule has 0 radical (unpaired) electrons. The number of nitrogens with zero attached hydrogens (tertiary/aromatic N) is 1. The lowest BCUT2D eigenvalue weighted by Crippen LogP contribution is -2.36. The number of aryl methyl sites for hydroxylation is 1. The molecule has 0 aromatic heterocycles. The Morgan fingerprint density at radius 3 is 2.32 bits per heavy atom. The first kappa shape index (κ1) is 18.1. The molecule has 1 saturated heterocycles. The van der Waals surface area contributed by atoms with Gasteiger partial charge in [-0.3, -0.25) is 4.90 Å². The summed E-state index contributed by atoms with van der Waals surface area (Å²) in [6.45, 7) is 6.35. The Morgan fingerprint density at radius 1 is 1.00 bits per heavy atom. The molecule has 1 aliphatic rings. The Bertz CT molecular complexity index is 798. The van der Waals surface area contributed by atoms with Gasteiger partial charge in [0.05, 0.1) is 18.1 Å². The molecule has 1 heterocycles. The average Bonchev–Trinajstić information content (AvgIpc) is 2.62. The van der Waals surface area contributed by atoms with Gasteiger partial charge in [0.1, 0.15) is 0 Å². The van der Waals surface area contributed by atoms with Crippen molar-refractivity contribution < 1.29 is 13.2 Å². The highest BCUT2D eigenvalue weighted by atomic mass is 32.2. The molecule has 0 saturated carbocycles. The summed E-state index contributed by atoms with van der Waals surface area (Å²) in [5.74, 6) is 0. The second-order valence-electron chi connectivity index (χ2n) is 6.29. The van der Waals surface area contributed by atoms with E-state index in [0.29, 0.717) is 4.90 Å². The fourth-order valence-corrected chi connectivity index (χ4v) is 3.86. The molecule has 1 fully saturated rings. The van der Waals surface area contributed by atoms with Crippen molar-refractivity contribution >= 4 is 10.0 Å². The van der Waals surface area contributed by atoms with Crippen LogP contribution in [-0.4, -0.2) is 39.6 Å². The maximum Gasteiger partial charge on any atom is 0.240 e. The zero-order chi connectivity index (χ0) is 17.7. The standard InChI is InChI=1S/C19H24N2O3S/c1-16-6-8-19(9-7-16)25(22,23)20-14-17-4-2-3-5-18(17)15-21-10-12-24-13-11-21/h2-9,20H,10-15H2,1H3. The van der Waals surface area contributed by atoms with Gasteiger partial charge in [0.15, 0.2) is 0 Å². The minimum absolute atomic E-state index is 0.288. The number of benzene rings is 2. The van der Waals surface area contributed by atoms with Crippen molar-refractivity contribution in [3.8, 4) is 0 Å². The monoisotopic (exact) mass is 360 g/mol. The quantitative estimate of drug-likeness (QED) is 0.859. The van der Waals surface area contributed by atoms with Crippen molar-refractivity contribution in [2.75, 3.05) is 26.3 Å². The van der Waals surface area contributed by atoms with E-state index in [4.69, 9.17) is 4.74 Å². The highest BCUT2D eigenvalue weighted by Crippen LogP contribution is 2.15. The summed E-state index contributed by atoms with van der Waals surface area (Å²) in [4.78, 5) is 2.63. The van der Waals surface area contributed by atoms with Crippen molar-refractivity contribution in [2.45, 2.75) is 24.9 Å². The first-order valence-electron chi connectivity index (χ1n) is 8.48. The number of ether oxygens (including phenoxy) is 1. The van der Waals surface area contributed by atoms with Crippen LogP contribution in [0.25, 0.3) is 0 Å². The van der Waals surface area contributed by atoms with Crippen LogP contribution in [0.4, 0.5) is 0 Å². The first-order valence-corrected chi connectivity index (χ1v) is 9.96. The second kappa shape index (κ2) is 8.10. The van der Waals surface area contributed by atoms with Gasteiger partial charge in [-0.15, -0.1) is 0 Å². The van der Waals surface area contributed by atoms with Crippen molar-refractivity contribution in [1.29, 1.82) is 0 Å². The topological polar surface area (TPSA) is 58.6 Å². The molecule has 2 aromatic carbocycles. The van der Waals surface area contributed by atoms with Gasteiger partial charge in [-0.25, -0.2) is 13.1 Å². The normalized spacial score (nSPS) is 16.0. The lowest BCUT2D eigenvalue weighted by Gasteiger charge is -2.27. The third-order valence-corrected chi connectivity index (χ3v) is 5.82. The molecule has 0 unspecified atom stereocenters. The van der Waals surface area contributed by atoms with E-state index in [9.17, 15) is 8.42 Å². The average molecular weight is 360 g/mol. The van der Waals surface area contributed by atoms with Gasteiger partial charge < -0.3 is 4.74 Å². The van der Waals surface area contributed by atoms with Gasteiger partial charge in [-0.2, -0.15) is 0 Å². The van der Waals surface area contributed by atoms with Crippen LogP contribution < -0.4 is 4.72 Å². The summed E-state index contributed by atoms with van der Waals surface area (Å²) in [5.41, 5.74) is 3.19. The Labute approximate surface area is 149 Å². The molecule has 0 bridgehead atoms. The summed E-state index contributed by atoms with van der Waals surface area (Å²) < 4.78 is 33.1. The van der Waals surface area contributed by atoms with Gasteiger partial charge in [-0.1, -0.05) is 42.0 Å². The van der Waals surface area contributed by atoms with E-state index >= 15 is 0 Å². The van der Waals surface area contributed by atoms with Gasteiger partial charge in [-0.05, 0) is 30.2 Å². The van der Waals surface area contributed by atoms with Gasteiger partial charge in [0.25, 0.3) is 0 Å². The molecule has 134 valence electrons. The minimum Gasteiger partial charge on any atom is -0.379 e. The van der Waals surface area contributed by atoms with Crippen LogP contribution >= 0.6 is 0 Å². The molecule has 2 aromatic rings. The Balaban J connectivity index is 1.69. The molecule has 25 heavy (non-hydrogen) atoms. The molecule has 0 atom stereocenters. The number of hydrogen-bond acceptors (Lipinski definition) is 4. The molecule has 0 amide bonds. The van der Waals surface area contributed by atoms with E-state index in [1.165, 1.54) is 0 Å². The highest BCUT2D eigenvalue weighted by molar-refractivity contribution is 7.89. The van der Waals surface area contributed by atoms with Gasteiger partial charge in [0.2, 0.25) is 10.0 Å². The number of nitrogens with one attached hydrogen (secondary N) is 1. The van der Waals surface area contributed by atoms with E-state index in [0.717, 1.165) is 49.5 Å². The lowest BCUT2D eigenvalue weighted by atomic mass is 10.1. The summed E-state index contributed by atoms with van der Waals surface area (Å²) in [6.07, 6.45) is 0. The van der Waals surface area contributed by atoms with Crippen LogP contribution in [0.5, 0.6) is 0 Å². The molecule has 1 N–H and O–H groups in total. The van der Waals surface area contributed by atoms with Crippen LogP contribution in [0.1, 0.15) is 16.7 Å². The molecule has 6 heteroatoms. The minimum atomic E-state index is -3.51. The Hall–Kier alpha value is -1.73. The van der Waals surface area contributed by atoms with Crippen molar-refractivity contribution in [2.24, 2.45) is 0 Å². The molecule has 5 nitrogen and oxygen atoms in total. The first-order chi connectivity index (χ1) is 12.0. The highest BCUT2D eigenvalue weighted by Gasteiger charge is 2.16. The SMILES string of the molecule is Cc1ccc(S(=O)(=O)NCc2ccccc2CN2CCOCC2)cc1. The van der Waals surface area contributed by atoms with Gasteiger partial charge in [0, 0.05) is 26.2 Å². The summed E-state index contributed by atoms with van der Waals surface area (Å²) in [6, 6.07) is 14.9. The zero-order valence-corrected chi connectivity index (χ0v) is 15.3. The van der Waals surface area contributed by atoms with Crippen molar-refractivity contribution in [3.05, 3.63) is 65.2 Å². The van der Waals surface area contributed by atoms with E-state index in [-0.39, 0.29) is 6.54 Å². The maximum absolute atomic E-state index is 12.5. The third-order valence-electron chi connectivity index (χ3n) is 4.40. The maximum atomic E-state index is 12.5. The summed E-state index contributed by atoms with van der Waals surface area (Å²) in [5, 5.41) is 0. The van der Waals surface area contributed by atoms with Crippen LogP contribution in [-0.2, 0) is 27.8 Å². The fourth-order valence-electron chi connectivity index (χ4n) is 2.86. The van der Waals surface area contributed by atoms with Crippen molar-refractivity contribution in [1.82, 2.24) is 9.62 Å². The lowest BCUT2D eigenvalue weighted by molar-refractivity contribution is 0.0341. The zero-order valence-electron chi connectivity index (χ0n) is 14.4. The van der Waals surface area contributed by atoms with E-state index in [1.54, 1.807) is 24.3 Å². The summed E-state index contributed by atoms with van der Waals surface area (Å²) >= 11 is 0. The molecule has 0 aliphatic carbocycles. The van der Waals surface area contributed by atoms with Gasteiger partial charge >= 0.3 is 0 Å². The van der Waals surface area contributed by atoms with Crippen LogP contribution in [0.3, 0.4) is 0 Å². The van der Waals surface area contributed by atoms with E-state index < -0.39 is 10.0 Å². The largest absolute Gasteiger partial charge is 0.379 e.